The summed E-state index contributed by atoms with van der Waals surface area (Å²) in [6.07, 6.45) is 0.698. The highest BCUT2D eigenvalue weighted by Gasteiger charge is 2.25. The molecule has 3 N–H and O–H groups in total. The molecule has 0 amide bonds. The van der Waals surface area contributed by atoms with E-state index in [1.54, 1.807) is 6.92 Å². The van der Waals surface area contributed by atoms with E-state index < -0.39 is 32.0 Å². The van der Waals surface area contributed by atoms with Gasteiger partial charge in [-0.15, -0.1) is 0 Å². The van der Waals surface area contributed by atoms with E-state index in [2.05, 4.69) is 4.72 Å². The molecule has 0 heterocycles. The molecule has 0 spiro atoms. The molecular formula is C12H15Cl2NO5S. The molecule has 0 radical (unpaired) electrons. The lowest BCUT2D eigenvalue weighted by Crippen LogP contribution is -2.35. The van der Waals surface area contributed by atoms with E-state index in [1.165, 1.54) is 0 Å². The van der Waals surface area contributed by atoms with Crippen LogP contribution in [0.15, 0.2) is 17.0 Å². The molecule has 0 aliphatic carbocycles. The number of halogens is 2. The van der Waals surface area contributed by atoms with Crippen LogP contribution >= 0.6 is 23.2 Å². The van der Waals surface area contributed by atoms with Gasteiger partial charge in [-0.1, -0.05) is 30.1 Å². The first kappa shape index (κ1) is 18.2. The minimum Gasteiger partial charge on any atom is -0.478 e. The third-order valence-corrected chi connectivity index (χ3v) is 5.10. The zero-order valence-electron chi connectivity index (χ0n) is 11.1. The zero-order chi connectivity index (χ0) is 16.2. The summed E-state index contributed by atoms with van der Waals surface area (Å²) in [7, 11) is -4.04. The van der Waals surface area contributed by atoms with Gasteiger partial charge >= 0.3 is 5.97 Å². The highest BCUT2D eigenvalue weighted by Crippen LogP contribution is 2.29. The van der Waals surface area contributed by atoms with Crippen LogP contribution in [0.1, 0.15) is 30.1 Å². The van der Waals surface area contributed by atoms with E-state index in [0.29, 0.717) is 6.42 Å². The summed E-state index contributed by atoms with van der Waals surface area (Å²) >= 11 is 11.6. The van der Waals surface area contributed by atoms with Gasteiger partial charge in [0.2, 0.25) is 10.0 Å². The highest BCUT2D eigenvalue weighted by atomic mass is 35.5. The predicted octanol–water partition coefficient (Wildman–Crippen LogP) is 2.13. The monoisotopic (exact) mass is 355 g/mol. The van der Waals surface area contributed by atoms with Crippen LogP contribution < -0.4 is 4.72 Å². The fraction of sp³-hybridized carbons (Fsp3) is 0.417. The molecule has 0 aromatic heterocycles. The molecule has 6 nitrogen and oxygen atoms in total. The fourth-order valence-electron chi connectivity index (χ4n) is 1.70. The number of carbonyl (C=O) groups is 1. The fourth-order valence-corrected chi connectivity index (χ4v) is 3.96. The smallest absolute Gasteiger partial charge is 0.337 e. The Balaban J connectivity index is 3.28. The Morgan fingerprint density at radius 3 is 2.48 bits per heavy atom. The maximum absolute atomic E-state index is 12.3. The van der Waals surface area contributed by atoms with Gasteiger partial charge in [-0.05, 0) is 25.0 Å². The SMILES string of the molecule is CCC(CCO)NS(=O)(=O)c1cc(Cl)cc(C(=O)O)c1Cl. The number of sulfonamides is 1. The number of nitrogens with one attached hydrogen (secondary N) is 1. The van der Waals surface area contributed by atoms with Crippen molar-refractivity contribution >= 4 is 39.2 Å². The Bertz CT molecular complexity index is 633. The van der Waals surface area contributed by atoms with Gasteiger partial charge in [-0.3, -0.25) is 0 Å². The van der Waals surface area contributed by atoms with E-state index in [4.69, 9.17) is 33.4 Å². The first-order chi connectivity index (χ1) is 9.72. The zero-order valence-corrected chi connectivity index (χ0v) is 13.5. The lowest BCUT2D eigenvalue weighted by atomic mass is 10.2. The van der Waals surface area contributed by atoms with Gasteiger partial charge in [0.05, 0.1) is 10.6 Å². The quantitative estimate of drug-likeness (QED) is 0.694. The molecular weight excluding hydrogens is 341 g/mol. The Morgan fingerprint density at radius 1 is 1.38 bits per heavy atom. The molecule has 0 saturated heterocycles. The molecule has 0 aliphatic rings. The molecule has 1 rings (SSSR count). The van der Waals surface area contributed by atoms with E-state index in [9.17, 15) is 13.2 Å². The maximum Gasteiger partial charge on any atom is 0.337 e. The molecule has 1 unspecified atom stereocenters. The highest BCUT2D eigenvalue weighted by molar-refractivity contribution is 7.89. The number of benzene rings is 1. The normalized spacial score (nSPS) is 13.1. The predicted molar refractivity (Wildman–Crippen MR) is 79.5 cm³/mol. The molecule has 9 heteroatoms. The first-order valence-electron chi connectivity index (χ1n) is 6.08. The summed E-state index contributed by atoms with van der Waals surface area (Å²) in [4.78, 5) is 10.6. The van der Waals surface area contributed by atoms with Crippen LogP contribution in [-0.2, 0) is 10.0 Å². The lowest BCUT2D eigenvalue weighted by molar-refractivity contribution is 0.0697. The number of carboxylic acid groups (broad SMARTS) is 1. The van der Waals surface area contributed by atoms with Crippen LogP contribution in [-0.4, -0.2) is 37.2 Å². The minimum atomic E-state index is -4.04. The molecule has 0 saturated carbocycles. The molecule has 21 heavy (non-hydrogen) atoms. The van der Waals surface area contributed by atoms with Crippen molar-refractivity contribution in [3.8, 4) is 0 Å². The number of aliphatic hydroxyl groups excluding tert-OH is 1. The summed E-state index contributed by atoms with van der Waals surface area (Å²) < 4.78 is 27.0. The maximum atomic E-state index is 12.3. The molecule has 0 aliphatic heterocycles. The Morgan fingerprint density at radius 2 is 2.00 bits per heavy atom. The Labute approximate surface area is 132 Å². The van der Waals surface area contributed by atoms with Crippen molar-refractivity contribution in [2.24, 2.45) is 0 Å². The molecule has 0 fully saturated rings. The standard InChI is InChI=1S/C12H15Cl2NO5S/c1-2-8(3-4-16)15-21(19,20)10-6-7(13)5-9(11(10)14)12(17)18/h5-6,8,15-16H,2-4H2,1H3,(H,17,18). The largest absolute Gasteiger partial charge is 0.478 e. The molecule has 0 bridgehead atoms. The number of rotatable bonds is 7. The lowest BCUT2D eigenvalue weighted by Gasteiger charge is -2.17. The van der Waals surface area contributed by atoms with Gasteiger partial charge in [0.1, 0.15) is 4.90 Å². The van der Waals surface area contributed by atoms with Crippen LogP contribution in [0.2, 0.25) is 10.0 Å². The van der Waals surface area contributed by atoms with E-state index in [0.717, 1.165) is 12.1 Å². The summed E-state index contributed by atoms with van der Waals surface area (Å²) in [5.41, 5.74) is -0.389. The van der Waals surface area contributed by atoms with Crippen LogP contribution in [0.5, 0.6) is 0 Å². The van der Waals surface area contributed by atoms with Crippen molar-refractivity contribution in [3.63, 3.8) is 0 Å². The van der Waals surface area contributed by atoms with Crippen molar-refractivity contribution in [2.45, 2.75) is 30.7 Å². The van der Waals surface area contributed by atoms with Gasteiger partial charge in [0.15, 0.2) is 0 Å². The third-order valence-electron chi connectivity index (χ3n) is 2.82. The van der Waals surface area contributed by atoms with E-state index >= 15 is 0 Å². The van der Waals surface area contributed by atoms with E-state index in [-0.39, 0.29) is 23.6 Å². The van der Waals surface area contributed by atoms with Gasteiger partial charge in [0, 0.05) is 17.7 Å². The van der Waals surface area contributed by atoms with Crippen molar-refractivity contribution in [2.75, 3.05) is 6.61 Å². The van der Waals surface area contributed by atoms with Crippen LogP contribution in [0.4, 0.5) is 0 Å². The van der Waals surface area contributed by atoms with Crippen molar-refractivity contribution in [1.29, 1.82) is 0 Å². The second-order valence-corrected chi connectivity index (χ2v) is 6.81. The molecule has 1 aromatic rings. The average molecular weight is 356 g/mol. The number of hydrogen-bond acceptors (Lipinski definition) is 4. The van der Waals surface area contributed by atoms with Crippen LogP contribution in [0.25, 0.3) is 0 Å². The number of aromatic carboxylic acids is 1. The first-order valence-corrected chi connectivity index (χ1v) is 8.32. The summed E-state index contributed by atoms with van der Waals surface area (Å²) in [6, 6.07) is 1.68. The Kier molecular flexibility index (Phi) is 6.42. The van der Waals surface area contributed by atoms with Gasteiger partial charge in [-0.25, -0.2) is 17.9 Å². The van der Waals surface area contributed by atoms with Crippen molar-refractivity contribution in [1.82, 2.24) is 4.72 Å². The summed E-state index contributed by atoms with van der Waals surface area (Å²) in [5.74, 6) is -1.37. The van der Waals surface area contributed by atoms with Crippen LogP contribution in [0, 0.1) is 0 Å². The number of carboxylic acids is 1. The average Bonchev–Trinajstić information content (AvgIpc) is 2.39. The molecule has 1 aromatic carbocycles. The minimum absolute atomic E-state index is 0.0487. The number of aliphatic hydroxyl groups is 1. The van der Waals surface area contributed by atoms with Crippen molar-refractivity contribution in [3.05, 3.63) is 27.7 Å². The van der Waals surface area contributed by atoms with E-state index in [1.807, 2.05) is 0 Å². The van der Waals surface area contributed by atoms with Gasteiger partial charge < -0.3 is 10.2 Å². The summed E-state index contributed by atoms with van der Waals surface area (Å²) in [6.45, 7) is 1.58. The molecule has 118 valence electrons. The second-order valence-electron chi connectivity index (χ2n) is 4.31. The Hall–Kier alpha value is -0.860. The van der Waals surface area contributed by atoms with Crippen LogP contribution in [0.3, 0.4) is 0 Å². The van der Waals surface area contributed by atoms with Crippen molar-refractivity contribution < 1.29 is 23.4 Å². The third kappa shape index (κ3) is 4.55. The van der Waals surface area contributed by atoms with Gasteiger partial charge in [-0.2, -0.15) is 0 Å². The molecule has 1 atom stereocenters. The second kappa shape index (κ2) is 7.42. The summed E-state index contributed by atoms with van der Waals surface area (Å²) in [5, 5.41) is 17.4. The topological polar surface area (TPSA) is 104 Å². The number of hydrogen-bond donors (Lipinski definition) is 3. The van der Waals surface area contributed by atoms with Gasteiger partial charge in [0.25, 0.3) is 0 Å².